The first kappa shape index (κ1) is 18.5. The summed E-state index contributed by atoms with van der Waals surface area (Å²) in [6, 6.07) is 22.1. The number of ether oxygens (including phenoxy) is 3. The van der Waals surface area contributed by atoms with Crippen LogP contribution in [0.4, 0.5) is 0 Å². The molecular weight excluding hydrogens is 340 g/mol. The van der Waals surface area contributed by atoms with E-state index in [1.165, 1.54) is 0 Å². The zero-order valence-electron chi connectivity index (χ0n) is 15.5. The molecule has 138 valence electrons. The van der Waals surface area contributed by atoms with Crippen LogP contribution >= 0.6 is 0 Å². The summed E-state index contributed by atoms with van der Waals surface area (Å²) in [5, 5.41) is 0. The van der Waals surface area contributed by atoms with Crippen LogP contribution in [0.2, 0.25) is 0 Å². The lowest BCUT2D eigenvalue weighted by molar-refractivity contribution is 0.0734. The first-order chi connectivity index (χ1) is 13.1. The summed E-state index contributed by atoms with van der Waals surface area (Å²) >= 11 is 0. The summed E-state index contributed by atoms with van der Waals surface area (Å²) in [6.45, 7) is 4.98. The van der Waals surface area contributed by atoms with E-state index in [0.29, 0.717) is 24.5 Å². The second kappa shape index (κ2) is 8.90. The molecule has 27 heavy (non-hydrogen) atoms. The van der Waals surface area contributed by atoms with Gasteiger partial charge in [0.15, 0.2) is 0 Å². The highest BCUT2D eigenvalue weighted by atomic mass is 16.5. The second-order valence-electron chi connectivity index (χ2n) is 6.10. The van der Waals surface area contributed by atoms with E-state index in [1.807, 2.05) is 50.2 Å². The first-order valence-electron chi connectivity index (χ1n) is 8.87. The van der Waals surface area contributed by atoms with Crippen molar-refractivity contribution in [3.05, 3.63) is 89.5 Å². The molecule has 0 amide bonds. The molecule has 0 aliphatic heterocycles. The van der Waals surface area contributed by atoms with Crippen LogP contribution in [0, 0.1) is 6.92 Å². The van der Waals surface area contributed by atoms with Gasteiger partial charge in [0.2, 0.25) is 0 Å². The quantitative estimate of drug-likeness (QED) is 0.428. The number of benzene rings is 3. The van der Waals surface area contributed by atoms with Gasteiger partial charge >= 0.3 is 5.97 Å². The van der Waals surface area contributed by atoms with Crippen LogP contribution in [-0.2, 0) is 6.61 Å². The van der Waals surface area contributed by atoms with Crippen LogP contribution in [0.25, 0.3) is 0 Å². The Labute approximate surface area is 159 Å². The van der Waals surface area contributed by atoms with Gasteiger partial charge < -0.3 is 14.2 Å². The molecule has 0 spiro atoms. The van der Waals surface area contributed by atoms with Gasteiger partial charge in [-0.15, -0.1) is 0 Å². The van der Waals surface area contributed by atoms with Gasteiger partial charge in [0, 0.05) is 0 Å². The fourth-order valence-corrected chi connectivity index (χ4v) is 2.55. The maximum atomic E-state index is 12.3. The van der Waals surface area contributed by atoms with Crippen LogP contribution < -0.4 is 14.2 Å². The van der Waals surface area contributed by atoms with Crippen molar-refractivity contribution in [2.24, 2.45) is 0 Å². The molecule has 0 heterocycles. The van der Waals surface area contributed by atoms with Crippen LogP contribution in [0.15, 0.2) is 72.8 Å². The Balaban J connectivity index is 1.56. The van der Waals surface area contributed by atoms with Gasteiger partial charge in [0.05, 0.1) is 12.2 Å². The zero-order valence-corrected chi connectivity index (χ0v) is 15.5. The van der Waals surface area contributed by atoms with Crippen LogP contribution in [-0.4, -0.2) is 12.6 Å². The first-order valence-corrected chi connectivity index (χ1v) is 8.87. The third kappa shape index (κ3) is 5.35. The van der Waals surface area contributed by atoms with Crippen LogP contribution in [0.1, 0.15) is 28.4 Å². The van der Waals surface area contributed by atoms with Gasteiger partial charge in [-0.1, -0.05) is 24.3 Å². The van der Waals surface area contributed by atoms with Crippen LogP contribution in [0.5, 0.6) is 17.2 Å². The molecule has 0 saturated carbocycles. The molecule has 4 heteroatoms. The lowest BCUT2D eigenvalue weighted by Crippen LogP contribution is -2.08. The smallest absolute Gasteiger partial charge is 0.343 e. The van der Waals surface area contributed by atoms with Crippen molar-refractivity contribution < 1.29 is 19.0 Å². The molecular formula is C23H22O4. The fraction of sp³-hybridized carbons (Fsp3) is 0.174. The molecule has 0 bridgehead atoms. The van der Waals surface area contributed by atoms with Gasteiger partial charge in [-0.2, -0.15) is 0 Å². The van der Waals surface area contributed by atoms with E-state index in [4.69, 9.17) is 14.2 Å². The number of hydrogen-bond donors (Lipinski definition) is 0. The SMILES string of the molecule is CCOc1ccc(OC(=O)c2ccc(COc3cccc(C)c3)cc2)cc1. The Morgan fingerprint density at radius 1 is 0.815 bits per heavy atom. The van der Waals surface area contributed by atoms with E-state index in [-0.39, 0.29) is 0 Å². The number of carbonyl (C=O) groups is 1. The molecule has 0 atom stereocenters. The van der Waals surface area contributed by atoms with Crippen molar-refractivity contribution in [2.75, 3.05) is 6.61 Å². The van der Waals surface area contributed by atoms with Crippen molar-refractivity contribution in [3.8, 4) is 17.2 Å². The van der Waals surface area contributed by atoms with E-state index >= 15 is 0 Å². The van der Waals surface area contributed by atoms with Crippen molar-refractivity contribution >= 4 is 5.97 Å². The topological polar surface area (TPSA) is 44.8 Å². The molecule has 0 aliphatic rings. The second-order valence-corrected chi connectivity index (χ2v) is 6.10. The Hall–Kier alpha value is -3.27. The highest BCUT2D eigenvalue weighted by Crippen LogP contribution is 2.19. The van der Waals surface area contributed by atoms with Gasteiger partial charge in [0.1, 0.15) is 23.9 Å². The molecule has 0 N–H and O–H groups in total. The van der Waals surface area contributed by atoms with E-state index in [1.54, 1.807) is 36.4 Å². The normalized spacial score (nSPS) is 10.3. The maximum absolute atomic E-state index is 12.3. The molecule has 4 nitrogen and oxygen atoms in total. The largest absolute Gasteiger partial charge is 0.494 e. The summed E-state index contributed by atoms with van der Waals surface area (Å²) in [5.41, 5.74) is 2.62. The summed E-state index contributed by atoms with van der Waals surface area (Å²) in [5.74, 6) is 1.66. The van der Waals surface area contributed by atoms with Crippen molar-refractivity contribution in [2.45, 2.75) is 20.5 Å². The van der Waals surface area contributed by atoms with Crippen molar-refractivity contribution in [1.82, 2.24) is 0 Å². The summed E-state index contributed by atoms with van der Waals surface area (Å²) in [7, 11) is 0. The van der Waals surface area contributed by atoms with Gasteiger partial charge in [0.25, 0.3) is 0 Å². The number of carbonyl (C=O) groups excluding carboxylic acids is 1. The lowest BCUT2D eigenvalue weighted by atomic mass is 10.1. The Kier molecular flexibility index (Phi) is 6.10. The average Bonchev–Trinajstić information content (AvgIpc) is 2.68. The predicted molar refractivity (Wildman–Crippen MR) is 105 cm³/mol. The molecule has 3 aromatic carbocycles. The molecule has 0 radical (unpaired) electrons. The minimum atomic E-state index is -0.398. The standard InChI is InChI=1S/C23H22O4/c1-3-25-20-11-13-21(14-12-20)27-23(24)19-9-7-18(8-10-19)16-26-22-6-4-5-17(2)15-22/h4-15H,3,16H2,1-2H3. The number of aryl methyl sites for hydroxylation is 1. The molecule has 0 aliphatic carbocycles. The highest BCUT2D eigenvalue weighted by Gasteiger charge is 2.09. The minimum Gasteiger partial charge on any atom is -0.494 e. The number of hydrogen-bond acceptors (Lipinski definition) is 4. The average molecular weight is 362 g/mol. The third-order valence-electron chi connectivity index (χ3n) is 3.93. The maximum Gasteiger partial charge on any atom is 0.343 e. The van der Waals surface area contributed by atoms with E-state index in [0.717, 1.165) is 22.6 Å². The molecule has 0 unspecified atom stereocenters. The van der Waals surface area contributed by atoms with Crippen molar-refractivity contribution in [1.29, 1.82) is 0 Å². The molecule has 3 aromatic rings. The summed E-state index contributed by atoms with van der Waals surface area (Å²) < 4.78 is 16.5. The van der Waals surface area contributed by atoms with Gasteiger partial charge in [-0.05, 0) is 73.5 Å². The molecule has 0 fully saturated rings. The van der Waals surface area contributed by atoms with Gasteiger partial charge in [-0.3, -0.25) is 0 Å². The predicted octanol–water partition coefficient (Wildman–Crippen LogP) is 5.19. The van der Waals surface area contributed by atoms with E-state index in [9.17, 15) is 4.79 Å². The Morgan fingerprint density at radius 2 is 1.52 bits per heavy atom. The van der Waals surface area contributed by atoms with E-state index < -0.39 is 5.97 Å². The summed E-state index contributed by atoms with van der Waals surface area (Å²) in [6.07, 6.45) is 0. The Bertz CT molecular complexity index is 883. The minimum absolute atomic E-state index is 0.398. The number of rotatable bonds is 7. The Morgan fingerprint density at radius 3 is 2.19 bits per heavy atom. The summed E-state index contributed by atoms with van der Waals surface area (Å²) in [4.78, 5) is 12.3. The molecule has 3 rings (SSSR count). The fourth-order valence-electron chi connectivity index (χ4n) is 2.55. The van der Waals surface area contributed by atoms with E-state index in [2.05, 4.69) is 0 Å². The van der Waals surface area contributed by atoms with Crippen LogP contribution in [0.3, 0.4) is 0 Å². The number of esters is 1. The monoisotopic (exact) mass is 362 g/mol. The van der Waals surface area contributed by atoms with Gasteiger partial charge in [-0.25, -0.2) is 4.79 Å². The highest BCUT2D eigenvalue weighted by molar-refractivity contribution is 5.91. The third-order valence-corrected chi connectivity index (χ3v) is 3.93. The molecule has 0 aromatic heterocycles. The molecule has 0 saturated heterocycles. The van der Waals surface area contributed by atoms with Crippen molar-refractivity contribution in [3.63, 3.8) is 0 Å². The zero-order chi connectivity index (χ0) is 19.1. The lowest BCUT2D eigenvalue weighted by Gasteiger charge is -2.08.